The molecule has 4 heteroatoms. The molecule has 1 N–H and O–H groups in total. The molecule has 1 aliphatic rings. The van der Waals surface area contributed by atoms with Crippen LogP contribution in [0.25, 0.3) is 0 Å². The summed E-state index contributed by atoms with van der Waals surface area (Å²) in [6, 6.07) is 0. The fourth-order valence-corrected chi connectivity index (χ4v) is 3.70. The number of aromatic nitrogens is 1. The maximum atomic E-state index is 5.63. The minimum absolute atomic E-state index is 0.146. The average molecular weight is 311 g/mol. The summed E-state index contributed by atoms with van der Waals surface area (Å²) in [5.74, 6) is 1.16. The molecule has 1 aromatic heterocycles. The van der Waals surface area contributed by atoms with Gasteiger partial charge < -0.3 is 10.1 Å². The lowest BCUT2D eigenvalue weighted by Gasteiger charge is -2.20. The number of ether oxygens (including phenoxy) is 1. The molecule has 1 aliphatic heterocycles. The van der Waals surface area contributed by atoms with Gasteiger partial charge in [0.2, 0.25) is 0 Å². The van der Waals surface area contributed by atoms with Crippen LogP contribution in [0.5, 0.6) is 0 Å². The maximum absolute atomic E-state index is 5.63. The van der Waals surface area contributed by atoms with Crippen LogP contribution in [0.3, 0.4) is 0 Å². The normalized spacial score (nSPS) is 20.2. The van der Waals surface area contributed by atoms with E-state index in [1.807, 2.05) is 11.3 Å². The molecule has 0 aliphatic carbocycles. The molecule has 1 fully saturated rings. The molecule has 120 valence electrons. The van der Waals surface area contributed by atoms with Crippen molar-refractivity contribution in [3.05, 3.63) is 15.6 Å². The highest BCUT2D eigenvalue weighted by atomic mass is 32.1. The number of rotatable bonds is 5. The largest absolute Gasteiger partial charge is 0.381 e. The summed E-state index contributed by atoms with van der Waals surface area (Å²) in [6.07, 6.45) is 3.46. The summed E-state index contributed by atoms with van der Waals surface area (Å²) < 4.78 is 5.63. The molecule has 0 spiro atoms. The van der Waals surface area contributed by atoms with Crippen molar-refractivity contribution in [3.8, 4) is 0 Å². The minimum Gasteiger partial charge on any atom is -0.381 e. The van der Waals surface area contributed by atoms with E-state index in [0.717, 1.165) is 26.2 Å². The predicted molar refractivity (Wildman–Crippen MR) is 90.0 cm³/mol. The first-order chi connectivity index (χ1) is 9.85. The van der Waals surface area contributed by atoms with Gasteiger partial charge in [0, 0.05) is 29.5 Å². The standard InChI is InChI=1S/C17H30N2OS/c1-12(2)9-14-15(10-18-17(3,4)5)21-16(19-14)13-7-6-8-20-11-13/h12-13,18H,6-11H2,1-5H3. The van der Waals surface area contributed by atoms with Gasteiger partial charge in [-0.1, -0.05) is 13.8 Å². The second-order valence-corrected chi connectivity index (χ2v) is 8.65. The molecule has 3 nitrogen and oxygen atoms in total. The smallest absolute Gasteiger partial charge is 0.0985 e. The molecule has 0 aromatic carbocycles. The van der Waals surface area contributed by atoms with Crippen LogP contribution in [0.2, 0.25) is 0 Å². The van der Waals surface area contributed by atoms with Gasteiger partial charge in [0.25, 0.3) is 0 Å². The Morgan fingerprint density at radius 1 is 1.38 bits per heavy atom. The molecule has 2 heterocycles. The molecule has 1 unspecified atom stereocenters. The quantitative estimate of drug-likeness (QED) is 0.888. The molecule has 2 rings (SSSR count). The third-order valence-corrected chi connectivity index (χ3v) is 4.95. The third-order valence-electron chi connectivity index (χ3n) is 3.69. The summed E-state index contributed by atoms with van der Waals surface area (Å²) in [7, 11) is 0. The summed E-state index contributed by atoms with van der Waals surface area (Å²) >= 11 is 1.90. The zero-order valence-electron chi connectivity index (χ0n) is 14.2. The van der Waals surface area contributed by atoms with Gasteiger partial charge in [0.1, 0.15) is 0 Å². The average Bonchev–Trinajstić information content (AvgIpc) is 2.79. The zero-order valence-corrected chi connectivity index (χ0v) is 15.0. The molecule has 1 aromatic rings. The second kappa shape index (κ2) is 7.21. The Morgan fingerprint density at radius 2 is 2.14 bits per heavy atom. The lowest BCUT2D eigenvalue weighted by molar-refractivity contribution is 0.0803. The van der Waals surface area contributed by atoms with Crippen LogP contribution in [0.15, 0.2) is 0 Å². The lowest BCUT2D eigenvalue weighted by Crippen LogP contribution is -2.35. The van der Waals surface area contributed by atoms with E-state index >= 15 is 0 Å². The number of nitrogens with one attached hydrogen (secondary N) is 1. The molecular weight excluding hydrogens is 280 g/mol. The summed E-state index contributed by atoms with van der Waals surface area (Å²) in [6.45, 7) is 13.9. The Morgan fingerprint density at radius 3 is 2.71 bits per heavy atom. The highest BCUT2D eigenvalue weighted by Gasteiger charge is 2.22. The Balaban J connectivity index is 2.13. The van der Waals surface area contributed by atoms with Crippen LogP contribution in [0.4, 0.5) is 0 Å². The maximum Gasteiger partial charge on any atom is 0.0985 e. The summed E-state index contributed by atoms with van der Waals surface area (Å²) in [4.78, 5) is 6.39. The Labute approximate surface area is 133 Å². The minimum atomic E-state index is 0.146. The van der Waals surface area contributed by atoms with Crippen molar-refractivity contribution in [2.24, 2.45) is 5.92 Å². The molecule has 1 saturated heterocycles. The van der Waals surface area contributed by atoms with Crippen molar-refractivity contribution < 1.29 is 4.74 Å². The highest BCUT2D eigenvalue weighted by Crippen LogP contribution is 2.32. The van der Waals surface area contributed by atoms with Crippen LogP contribution in [0, 0.1) is 5.92 Å². The molecule has 1 atom stereocenters. The monoisotopic (exact) mass is 310 g/mol. The van der Waals surface area contributed by atoms with Gasteiger partial charge in [-0.15, -0.1) is 11.3 Å². The highest BCUT2D eigenvalue weighted by molar-refractivity contribution is 7.11. The Hall–Kier alpha value is -0.450. The topological polar surface area (TPSA) is 34.1 Å². The molecule has 0 saturated carbocycles. The van der Waals surface area contributed by atoms with E-state index in [1.165, 1.54) is 28.4 Å². The number of hydrogen-bond donors (Lipinski definition) is 1. The van der Waals surface area contributed by atoms with E-state index < -0.39 is 0 Å². The molecular formula is C17H30N2OS. The van der Waals surface area contributed by atoms with Gasteiger partial charge in [0.05, 0.1) is 17.3 Å². The van der Waals surface area contributed by atoms with Gasteiger partial charge in [-0.3, -0.25) is 0 Å². The van der Waals surface area contributed by atoms with Crippen molar-refractivity contribution >= 4 is 11.3 Å². The number of nitrogens with zero attached hydrogens (tertiary/aromatic N) is 1. The van der Waals surface area contributed by atoms with Crippen molar-refractivity contribution in [2.75, 3.05) is 13.2 Å². The van der Waals surface area contributed by atoms with Gasteiger partial charge in [0.15, 0.2) is 0 Å². The number of hydrogen-bond acceptors (Lipinski definition) is 4. The van der Waals surface area contributed by atoms with Crippen LogP contribution >= 0.6 is 11.3 Å². The van der Waals surface area contributed by atoms with E-state index in [9.17, 15) is 0 Å². The zero-order chi connectivity index (χ0) is 15.5. The first-order valence-corrected chi connectivity index (χ1v) is 8.98. The first-order valence-electron chi connectivity index (χ1n) is 8.16. The fourth-order valence-electron chi connectivity index (χ4n) is 2.54. The van der Waals surface area contributed by atoms with Crippen LogP contribution in [-0.2, 0) is 17.7 Å². The lowest BCUT2D eigenvalue weighted by atomic mass is 10.0. The van der Waals surface area contributed by atoms with Gasteiger partial charge in [-0.25, -0.2) is 4.98 Å². The summed E-state index contributed by atoms with van der Waals surface area (Å²) in [5.41, 5.74) is 1.44. The predicted octanol–water partition coefficient (Wildman–Crippen LogP) is 4.12. The van der Waals surface area contributed by atoms with E-state index in [4.69, 9.17) is 9.72 Å². The SMILES string of the molecule is CC(C)Cc1nc(C2CCCOC2)sc1CNC(C)(C)C. The molecule has 0 bridgehead atoms. The van der Waals surface area contributed by atoms with Gasteiger partial charge in [-0.2, -0.15) is 0 Å². The van der Waals surface area contributed by atoms with Crippen molar-refractivity contribution in [2.45, 2.75) is 71.9 Å². The van der Waals surface area contributed by atoms with Crippen molar-refractivity contribution in [1.82, 2.24) is 10.3 Å². The fraction of sp³-hybridized carbons (Fsp3) is 0.824. The van der Waals surface area contributed by atoms with Crippen LogP contribution in [0.1, 0.15) is 69.0 Å². The van der Waals surface area contributed by atoms with E-state index in [1.54, 1.807) is 0 Å². The van der Waals surface area contributed by atoms with Gasteiger partial charge in [-0.05, 0) is 46.0 Å². The van der Waals surface area contributed by atoms with Gasteiger partial charge >= 0.3 is 0 Å². The van der Waals surface area contributed by atoms with Crippen LogP contribution in [-0.4, -0.2) is 23.7 Å². The van der Waals surface area contributed by atoms with Crippen molar-refractivity contribution in [1.29, 1.82) is 0 Å². The Kier molecular flexibility index (Phi) is 5.81. The first kappa shape index (κ1) is 16.9. The molecule has 0 amide bonds. The molecule has 0 radical (unpaired) electrons. The van der Waals surface area contributed by atoms with E-state index in [-0.39, 0.29) is 5.54 Å². The van der Waals surface area contributed by atoms with Crippen molar-refractivity contribution in [3.63, 3.8) is 0 Å². The Bertz CT molecular complexity index is 442. The second-order valence-electron chi connectivity index (χ2n) is 7.54. The van der Waals surface area contributed by atoms with E-state index in [0.29, 0.717) is 11.8 Å². The third kappa shape index (κ3) is 5.35. The van der Waals surface area contributed by atoms with Crippen LogP contribution < -0.4 is 5.32 Å². The van der Waals surface area contributed by atoms with E-state index in [2.05, 4.69) is 39.9 Å². The number of thiazole rings is 1. The summed E-state index contributed by atoms with van der Waals surface area (Å²) in [5, 5.41) is 4.90. The molecule has 21 heavy (non-hydrogen) atoms.